The summed E-state index contributed by atoms with van der Waals surface area (Å²) < 4.78 is 8.98. The Kier molecular flexibility index (Phi) is 6.36. The number of aromatic nitrogens is 1. The molecule has 0 saturated carbocycles. The van der Waals surface area contributed by atoms with Crippen molar-refractivity contribution in [2.75, 3.05) is 0 Å². The van der Waals surface area contributed by atoms with Crippen LogP contribution >= 0.6 is 0 Å². The molecule has 0 bridgehead atoms. The Hall–Kier alpha value is -8.20. The Bertz CT molecular complexity index is 4280. The van der Waals surface area contributed by atoms with E-state index in [1.54, 1.807) is 0 Å². The Balaban J connectivity index is 0.992. The van der Waals surface area contributed by atoms with Gasteiger partial charge in [-0.15, -0.1) is 0 Å². The lowest BCUT2D eigenvalue weighted by atomic mass is 9.70. The number of para-hydroxylation sites is 1. The molecule has 0 unspecified atom stereocenters. The standard InChI is InChI=1S/C64H39NO/c1-63(2)50-21-7-3-16-42(50)48-34-49-43-17-6-10-25-56(43)65(57(49)35-54(48)63)37-29-31-46-55(33-37)64(51-22-8-4-14-40(51)41-15-5-9-23-52(41)64)53-24-11-18-38(60(46)53)36-28-30-39-44-19-12-26-58-61(44)62-45(47(39)32-36)20-13-27-59(62)66-58/h3-35H,1-2H3. The highest BCUT2D eigenvalue weighted by atomic mass is 16.3. The molecular weight excluding hydrogens is 799 g/mol. The molecule has 306 valence electrons. The van der Waals surface area contributed by atoms with Crippen molar-refractivity contribution in [1.29, 1.82) is 0 Å². The van der Waals surface area contributed by atoms with Gasteiger partial charge in [-0.2, -0.15) is 0 Å². The Labute approximate surface area is 380 Å². The summed E-state index contributed by atoms with van der Waals surface area (Å²) in [6, 6.07) is 75.9. The fraction of sp³-hybridized carbons (Fsp3) is 0.0625. The number of hydrogen-bond acceptors (Lipinski definition) is 1. The molecule has 2 aromatic heterocycles. The largest absolute Gasteiger partial charge is 0.456 e. The van der Waals surface area contributed by atoms with E-state index in [9.17, 15) is 0 Å². The molecule has 66 heavy (non-hydrogen) atoms. The monoisotopic (exact) mass is 837 g/mol. The number of nitrogens with zero attached hydrogens (tertiary/aromatic N) is 1. The van der Waals surface area contributed by atoms with Gasteiger partial charge in [0.05, 0.1) is 16.4 Å². The van der Waals surface area contributed by atoms with E-state index in [4.69, 9.17) is 4.42 Å². The molecular formula is C64H39NO. The van der Waals surface area contributed by atoms with Crippen LogP contribution in [-0.4, -0.2) is 4.57 Å². The molecule has 0 N–H and O–H groups in total. The van der Waals surface area contributed by atoms with E-state index in [0.717, 1.165) is 11.2 Å². The molecule has 16 rings (SSSR count). The van der Waals surface area contributed by atoms with Crippen molar-refractivity contribution in [3.05, 3.63) is 234 Å². The number of rotatable bonds is 2. The minimum absolute atomic E-state index is 0.115. The normalized spacial score (nSPS) is 14.8. The van der Waals surface area contributed by atoms with E-state index in [1.807, 2.05) is 0 Å². The molecule has 11 aromatic carbocycles. The summed E-state index contributed by atoms with van der Waals surface area (Å²) in [4.78, 5) is 0. The minimum atomic E-state index is -0.519. The zero-order chi connectivity index (χ0) is 43.2. The molecule has 2 heteroatoms. The van der Waals surface area contributed by atoms with E-state index in [1.165, 1.54) is 138 Å². The van der Waals surface area contributed by atoms with Gasteiger partial charge < -0.3 is 8.98 Å². The number of benzene rings is 11. The fourth-order valence-electron chi connectivity index (χ4n) is 13.5. The molecule has 13 aromatic rings. The van der Waals surface area contributed by atoms with E-state index < -0.39 is 5.41 Å². The quantitative estimate of drug-likeness (QED) is 0.159. The summed E-state index contributed by atoms with van der Waals surface area (Å²) in [7, 11) is 0. The second-order valence-electron chi connectivity index (χ2n) is 19.5. The maximum Gasteiger partial charge on any atom is 0.136 e. The van der Waals surface area contributed by atoms with Crippen molar-refractivity contribution in [3.63, 3.8) is 0 Å². The van der Waals surface area contributed by atoms with Gasteiger partial charge in [-0.3, -0.25) is 0 Å². The second kappa shape index (κ2) is 11.9. The molecule has 2 nitrogen and oxygen atoms in total. The van der Waals surface area contributed by atoms with Crippen molar-refractivity contribution >= 4 is 65.3 Å². The van der Waals surface area contributed by atoms with Crippen LogP contribution in [0.1, 0.15) is 47.2 Å². The van der Waals surface area contributed by atoms with Crippen molar-refractivity contribution in [2.45, 2.75) is 24.7 Å². The average Bonchev–Trinajstić information content (AvgIpc) is 4.13. The Morgan fingerprint density at radius 2 is 0.955 bits per heavy atom. The van der Waals surface area contributed by atoms with Gasteiger partial charge in [0.25, 0.3) is 0 Å². The van der Waals surface area contributed by atoms with Crippen molar-refractivity contribution in [2.24, 2.45) is 0 Å². The zero-order valence-electron chi connectivity index (χ0n) is 36.4. The van der Waals surface area contributed by atoms with Gasteiger partial charge in [0, 0.05) is 32.6 Å². The highest BCUT2D eigenvalue weighted by Gasteiger charge is 2.52. The lowest BCUT2D eigenvalue weighted by Gasteiger charge is -2.31. The van der Waals surface area contributed by atoms with Gasteiger partial charge in [-0.25, -0.2) is 0 Å². The number of fused-ring (bicyclic) bond motifs is 19. The van der Waals surface area contributed by atoms with Crippen LogP contribution in [0.15, 0.2) is 205 Å². The predicted molar refractivity (Wildman–Crippen MR) is 274 cm³/mol. The summed E-state index contributed by atoms with van der Waals surface area (Å²) >= 11 is 0. The Morgan fingerprint density at radius 1 is 0.348 bits per heavy atom. The van der Waals surface area contributed by atoms with E-state index in [0.29, 0.717) is 0 Å². The second-order valence-corrected chi connectivity index (χ2v) is 19.5. The first-order chi connectivity index (χ1) is 32.5. The summed E-state index contributed by atoms with van der Waals surface area (Å²) in [6.45, 7) is 4.77. The summed E-state index contributed by atoms with van der Waals surface area (Å²) in [5, 5.41) is 9.97. The molecule has 2 heterocycles. The third-order valence-electron chi connectivity index (χ3n) is 16.2. The van der Waals surface area contributed by atoms with E-state index >= 15 is 0 Å². The van der Waals surface area contributed by atoms with Gasteiger partial charge in [0.1, 0.15) is 11.2 Å². The molecule has 0 saturated heterocycles. The fourth-order valence-corrected chi connectivity index (χ4v) is 13.5. The van der Waals surface area contributed by atoms with Crippen LogP contribution in [0.3, 0.4) is 0 Å². The first-order valence-electron chi connectivity index (χ1n) is 23.3. The molecule has 3 aliphatic rings. The predicted octanol–water partition coefficient (Wildman–Crippen LogP) is 16.7. The van der Waals surface area contributed by atoms with Crippen LogP contribution < -0.4 is 0 Å². The van der Waals surface area contributed by atoms with Gasteiger partial charge in [0.15, 0.2) is 0 Å². The zero-order valence-corrected chi connectivity index (χ0v) is 36.4. The minimum Gasteiger partial charge on any atom is -0.456 e. The van der Waals surface area contributed by atoms with Gasteiger partial charge in [-0.05, 0) is 148 Å². The van der Waals surface area contributed by atoms with E-state index in [2.05, 4.69) is 219 Å². The highest BCUT2D eigenvalue weighted by molar-refractivity contribution is 6.33. The first-order valence-corrected chi connectivity index (χ1v) is 23.3. The molecule has 0 amide bonds. The highest BCUT2D eigenvalue weighted by Crippen LogP contribution is 2.64. The third-order valence-corrected chi connectivity index (χ3v) is 16.2. The number of hydrogen-bond donors (Lipinski definition) is 0. The smallest absolute Gasteiger partial charge is 0.136 e. The van der Waals surface area contributed by atoms with Gasteiger partial charge in [-0.1, -0.05) is 166 Å². The average molecular weight is 838 g/mol. The molecule has 0 atom stereocenters. The molecule has 0 fully saturated rings. The molecule has 0 aliphatic heterocycles. The first kappa shape index (κ1) is 35.2. The van der Waals surface area contributed by atoms with E-state index in [-0.39, 0.29) is 5.41 Å². The summed E-state index contributed by atoms with van der Waals surface area (Å²) in [5.41, 5.74) is 23.4. The third kappa shape index (κ3) is 4.03. The topological polar surface area (TPSA) is 18.1 Å². The van der Waals surface area contributed by atoms with Gasteiger partial charge >= 0.3 is 0 Å². The summed E-state index contributed by atoms with van der Waals surface area (Å²) in [5.74, 6) is 0. The van der Waals surface area contributed by atoms with Crippen LogP contribution in [0.25, 0.3) is 115 Å². The number of furan rings is 1. The van der Waals surface area contributed by atoms with Crippen LogP contribution in [0.5, 0.6) is 0 Å². The van der Waals surface area contributed by atoms with Crippen LogP contribution in [0, 0.1) is 0 Å². The van der Waals surface area contributed by atoms with Crippen LogP contribution in [-0.2, 0) is 10.8 Å². The van der Waals surface area contributed by atoms with Crippen LogP contribution in [0.2, 0.25) is 0 Å². The van der Waals surface area contributed by atoms with Gasteiger partial charge in [0.2, 0.25) is 0 Å². The SMILES string of the molecule is CC1(C)c2ccccc2-c2cc3c4ccccc4n(-c4ccc5c(c4)C4(c6ccccc6-c6ccccc64)c4cccc(-c6ccc7c(c6)c6cccc8oc9cccc7c9c86)c4-5)c3cc21. The summed E-state index contributed by atoms with van der Waals surface area (Å²) in [6.07, 6.45) is 0. The molecule has 1 spiro atoms. The van der Waals surface area contributed by atoms with Crippen molar-refractivity contribution in [1.82, 2.24) is 4.57 Å². The maximum absolute atomic E-state index is 6.43. The van der Waals surface area contributed by atoms with Crippen molar-refractivity contribution < 1.29 is 4.42 Å². The molecule has 3 aliphatic carbocycles. The van der Waals surface area contributed by atoms with Crippen molar-refractivity contribution in [3.8, 4) is 50.2 Å². The maximum atomic E-state index is 6.43. The van der Waals surface area contributed by atoms with Crippen LogP contribution in [0.4, 0.5) is 0 Å². The Morgan fingerprint density at radius 3 is 1.71 bits per heavy atom. The lowest BCUT2D eigenvalue weighted by molar-refractivity contribution is 0.661. The lowest BCUT2D eigenvalue weighted by Crippen LogP contribution is -2.26. The molecule has 0 radical (unpaired) electrons.